The van der Waals surface area contributed by atoms with Crippen LogP contribution >= 0.6 is 0 Å². The smallest absolute Gasteiger partial charge is 0.269 e. The van der Waals surface area contributed by atoms with Gasteiger partial charge in [-0.15, -0.1) is 0 Å². The molecule has 0 aliphatic heterocycles. The highest BCUT2D eigenvalue weighted by atomic mass is 16.1. The molecule has 3 rings (SSSR count). The first-order chi connectivity index (χ1) is 8.16. The van der Waals surface area contributed by atoms with E-state index in [4.69, 9.17) is 11.5 Å². The van der Waals surface area contributed by atoms with Gasteiger partial charge in [-0.3, -0.25) is 4.79 Å². The summed E-state index contributed by atoms with van der Waals surface area (Å²) < 4.78 is 1.14. The Balaban J connectivity index is 2.64. The Hall–Kier alpha value is -2.70. The maximum Gasteiger partial charge on any atom is 0.269 e. The molecule has 0 radical (unpaired) electrons. The summed E-state index contributed by atoms with van der Waals surface area (Å²) in [6.45, 7) is 0. The van der Waals surface area contributed by atoms with Crippen LogP contribution in [-0.4, -0.2) is 19.4 Å². The third-order valence-corrected chi connectivity index (χ3v) is 2.43. The SMILES string of the molecule is Nc1nc(N)n2c(=O)c3ccccc3nc2n1. The molecule has 7 nitrogen and oxygen atoms in total. The van der Waals surface area contributed by atoms with Crippen LogP contribution in [0.2, 0.25) is 0 Å². The highest BCUT2D eigenvalue weighted by molar-refractivity contribution is 5.79. The highest BCUT2D eigenvalue weighted by Crippen LogP contribution is 2.09. The molecule has 0 amide bonds. The summed E-state index contributed by atoms with van der Waals surface area (Å²) in [5.74, 6) is 0.124. The van der Waals surface area contributed by atoms with Gasteiger partial charge in [0.1, 0.15) is 0 Å². The molecule has 0 spiro atoms. The predicted molar refractivity (Wildman–Crippen MR) is 63.4 cm³/mol. The molecule has 0 atom stereocenters. The molecule has 0 bridgehead atoms. The van der Waals surface area contributed by atoms with Gasteiger partial charge in [0, 0.05) is 0 Å². The number of rotatable bonds is 0. The van der Waals surface area contributed by atoms with Gasteiger partial charge in [-0.1, -0.05) is 12.1 Å². The molecule has 3 aromatic rings. The lowest BCUT2D eigenvalue weighted by molar-refractivity contribution is 0.981. The fraction of sp³-hybridized carbons (Fsp3) is 0. The summed E-state index contributed by atoms with van der Waals surface area (Å²) in [4.78, 5) is 24.0. The maximum atomic E-state index is 12.1. The number of aromatic nitrogens is 4. The second kappa shape index (κ2) is 3.14. The van der Waals surface area contributed by atoms with Crippen molar-refractivity contribution in [2.75, 3.05) is 11.5 Å². The van der Waals surface area contributed by atoms with Crippen molar-refractivity contribution in [1.82, 2.24) is 19.4 Å². The number of benzene rings is 1. The lowest BCUT2D eigenvalue weighted by Crippen LogP contribution is -2.21. The van der Waals surface area contributed by atoms with Crippen molar-refractivity contribution in [3.8, 4) is 0 Å². The number of hydrogen-bond acceptors (Lipinski definition) is 6. The zero-order valence-electron chi connectivity index (χ0n) is 8.66. The Morgan fingerprint density at radius 3 is 2.65 bits per heavy atom. The van der Waals surface area contributed by atoms with Crippen LogP contribution in [0.5, 0.6) is 0 Å². The number of nitrogens with zero attached hydrogens (tertiary/aromatic N) is 4. The highest BCUT2D eigenvalue weighted by Gasteiger charge is 2.09. The zero-order valence-corrected chi connectivity index (χ0v) is 8.66. The van der Waals surface area contributed by atoms with E-state index in [1.807, 2.05) is 0 Å². The normalized spacial score (nSPS) is 11.1. The number of fused-ring (bicyclic) bond motifs is 2. The topological polar surface area (TPSA) is 112 Å². The minimum atomic E-state index is -0.303. The van der Waals surface area contributed by atoms with Gasteiger partial charge in [0.2, 0.25) is 17.7 Å². The Morgan fingerprint density at radius 1 is 1.06 bits per heavy atom. The molecule has 0 aliphatic carbocycles. The third kappa shape index (κ3) is 1.29. The van der Waals surface area contributed by atoms with E-state index in [1.54, 1.807) is 24.3 Å². The second-order valence-corrected chi connectivity index (χ2v) is 3.51. The molecule has 0 unspecified atom stereocenters. The Morgan fingerprint density at radius 2 is 1.82 bits per heavy atom. The van der Waals surface area contributed by atoms with Gasteiger partial charge in [0.25, 0.3) is 5.56 Å². The molecule has 0 fully saturated rings. The fourth-order valence-corrected chi connectivity index (χ4v) is 1.70. The van der Waals surface area contributed by atoms with Crippen molar-refractivity contribution in [2.45, 2.75) is 0 Å². The Bertz CT molecular complexity index is 794. The molecule has 1 aromatic carbocycles. The number of hydrogen-bond donors (Lipinski definition) is 2. The van der Waals surface area contributed by atoms with Gasteiger partial charge in [0.15, 0.2) is 0 Å². The van der Waals surface area contributed by atoms with Crippen LogP contribution in [0.4, 0.5) is 11.9 Å². The summed E-state index contributed by atoms with van der Waals surface area (Å²) in [5, 5.41) is 0.463. The van der Waals surface area contributed by atoms with E-state index < -0.39 is 0 Å². The van der Waals surface area contributed by atoms with Gasteiger partial charge in [-0.05, 0) is 12.1 Å². The Kier molecular flexibility index (Phi) is 1.76. The first-order valence-corrected chi connectivity index (χ1v) is 4.87. The predicted octanol–water partition coefficient (Wildman–Crippen LogP) is -0.198. The molecule has 4 N–H and O–H groups in total. The van der Waals surface area contributed by atoms with Gasteiger partial charge < -0.3 is 11.5 Å². The average molecular weight is 228 g/mol. The van der Waals surface area contributed by atoms with E-state index in [-0.39, 0.29) is 23.2 Å². The quantitative estimate of drug-likeness (QED) is 0.515. The van der Waals surface area contributed by atoms with Crippen molar-refractivity contribution >= 4 is 28.6 Å². The van der Waals surface area contributed by atoms with E-state index in [2.05, 4.69) is 15.0 Å². The average Bonchev–Trinajstić information content (AvgIpc) is 2.28. The van der Waals surface area contributed by atoms with Crippen LogP contribution in [-0.2, 0) is 0 Å². The van der Waals surface area contributed by atoms with Crippen LogP contribution in [0, 0.1) is 0 Å². The maximum absolute atomic E-state index is 12.1. The van der Waals surface area contributed by atoms with Crippen LogP contribution in [0.1, 0.15) is 0 Å². The first-order valence-electron chi connectivity index (χ1n) is 4.87. The van der Waals surface area contributed by atoms with Crippen molar-refractivity contribution in [1.29, 1.82) is 0 Å². The molecule has 0 aliphatic rings. The summed E-state index contributed by atoms with van der Waals surface area (Å²) >= 11 is 0. The molecule has 0 saturated heterocycles. The minimum absolute atomic E-state index is 0.00955. The van der Waals surface area contributed by atoms with Gasteiger partial charge >= 0.3 is 0 Å². The van der Waals surface area contributed by atoms with Crippen molar-refractivity contribution in [2.24, 2.45) is 0 Å². The van der Waals surface area contributed by atoms with Crippen molar-refractivity contribution < 1.29 is 0 Å². The van der Waals surface area contributed by atoms with Crippen molar-refractivity contribution in [3.05, 3.63) is 34.6 Å². The van der Waals surface area contributed by atoms with Gasteiger partial charge in [-0.25, -0.2) is 9.38 Å². The number of nitrogens with two attached hydrogens (primary N) is 2. The van der Waals surface area contributed by atoms with E-state index in [9.17, 15) is 4.79 Å². The van der Waals surface area contributed by atoms with Crippen molar-refractivity contribution in [3.63, 3.8) is 0 Å². The van der Waals surface area contributed by atoms with E-state index >= 15 is 0 Å². The largest absolute Gasteiger partial charge is 0.369 e. The van der Waals surface area contributed by atoms with E-state index in [0.717, 1.165) is 4.40 Å². The summed E-state index contributed by atoms with van der Waals surface area (Å²) in [7, 11) is 0. The Labute approximate surface area is 94.7 Å². The molecular weight excluding hydrogens is 220 g/mol. The lowest BCUT2D eigenvalue weighted by atomic mass is 10.2. The zero-order chi connectivity index (χ0) is 12.0. The molecule has 7 heteroatoms. The molecule has 84 valence electrons. The molecule has 2 aromatic heterocycles. The number of anilines is 2. The van der Waals surface area contributed by atoms with Gasteiger partial charge in [0.05, 0.1) is 10.9 Å². The second-order valence-electron chi connectivity index (χ2n) is 3.51. The molecule has 2 heterocycles. The summed E-state index contributed by atoms with van der Waals surface area (Å²) in [5.41, 5.74) is 11.4. The standard InChI is InChI=1S/C10H8N6O/c11-8-14-9(12)16-7(17)5-3-1-2-4-6(5)13-10(16)15-8/h1-4H,(H4,11,12,13,14,15). The minimum Gasteiger partial charge on any atom is -0.369 e. The summed E-state index contributed by atoms with van der Waals surface area (Å²) in [6.07, 6.45) is 0. The van der Waals surface area contributed by atoms with Crippen LogP contribution < -0.4 is 17.0 Å². The van der Waals surface area contributed by atoms with E-state index in [1.165, 1.54) is 0 Å². The fourth-order valence-electron chi connectivity index (χ4n) is 1.70. The monoisotopic (exact) mass is 228 g/mol. The molecule has 0 saturated carbocycles. The van der Waals surface area contributed by atoms with Crippen LogP contribution in [0.15, 0.2) is 29.1 Å². The van der Waals surface area contributed by atoms with Gasteiger partial charge in [-0.2, -0.15) is 9.97 Å². The molecular formula is C10H8N6O. The third-order valence-electron chi connectivity index (χ3n) is 2.43. The molecule has 17 heavy (non-hydrogen) atoms. The summed E-state index contributed by atoms with van der Waals surface area (Å²) in [6, 6.07) is 6.95. The lowest BCUT2D eigenvalue weighted by Gasteiger charge is -2.04. The van der Waals surface area contributed by atoms with Crippen LogP contribution in [0.25, 0.3) is 16.7 Å². The number of nitrogen functional groups attached to an aromatic ring is 2. The number of para-hydroxylation sites is 1. The van der Waals surface area contributed by atoms with E-state index in [0.29, 0.717) is 10.9 Å². The first kappa shape index (κ1) is 9.52. The van der Waals surface area contributed by atoms with Crippen LogP contribution in [0.3, 0.4) is 0 Å².